The molecule has 30 heavy (non-hydrogen) atoms. The van der Waals surface area contributed by atoms with Crippen LogP contribution in [0, 0.1) is 31.6 Å². The Balaban J connectivity index is 1.98. The van der Waals surface area contributed by atoms with Crippen LogP contribution in [0.5, 0.6) is 11.5 Å². The van der Waals surface area contributed by atoms with E-state index in [4.69, 9.17) is 4.74 Å². The number of nitro benzene ring substituents is 2. The van der Waals surface area contributed by atoms with E-state index in [9.17, 15) is 30.6 Å². The number of phenolic OH excluding ortho intramolecular Hbond substituents is 1. The van der Waals surface area contributed by atoms with E-state index in [1.807, 2.05) is 6.07 Å². The first-order valence-corrected chi connectivity index (χ1v) is 9.10. The summed E-state index contributed by atoms with van der Waals surface area (Å²) >= 11 is 1.18. The fraction of sp³-hybridized carbons (Fsp3) is 0.0526. The molecule has 0 fully saturated rings. The number of non-ortho nitro benzene ring substituents is 1. The molecule has 3 aromatic rings. The van der Waals surface area contributed by atoms with Crippen LogP contribution in [0.4, 0.5) is 11.4 Å². The van der Waals surface area contributed by atoms with Gasteiger partial charge in [0.1, 0.15) is 11.1 Å². The number of methoxy groups -OCH3 is 1. The largest absolute Gasteiger partial charge is 0.500 e. The van der Waals surface area contributed by atoms with Gasteiger partial charge >= 0.3 is 5.69 Å². The van der Waals surface area contributed by atoms with Gasteiger partial charge in [-0.25, -0.2) is 4.98 Å². The maximum atomic E-state index is 11.1. The molecule has 0 amide bonds. The number of nitriles is 1. The number of hydrogen-bond donors (Lipinski definition) is 1. The molecular formula is C19H12N4O6S. The predicted octanol–water partition coefficient (Wildman–Crippen LogP) is 4.40. The molecule has 0 bridgehead atoms. The highest BCUT2D eigenvalue weighted by Crippen LogP contribution is 2.38. The Hall–Kier alpha value is -4.30. The molecule has 0 saturated heterocycles. The lowest BCUT2D eigenvalue weighted by molar-refractivity contribution is -0.386. The molecule has 0 radical (unpaired) electrons. The number of aromatic hydroxyl groups is 1. The summed E-state index contributed by atoms with van der Waals surface area (Å²) in [5.74, 6) is -0.702. The van der Waals surface area contributed by atoms with Crippen molar-refractivity contribution in [2.75, 3.05) is 7.11 Å². The minimum Gasteiger partial charge on any atom is -0.500 e. The predicted molar refractivity (Wildman–Crippen MR) is 109 cm³/mol. The van der Waals surface area contributed by atoms with E-state index >= 15 is 0 Å². The van der Waals surface area contributed by atoms with Gasteiger partial charge in [0, 0.05) is 29.1 Å². The van der Waals surface area contributed by atoms with Crippen molar-refractivity contribution in [1.82, 2.24) is 4.98 Å². The van der Waals surface area contributed by atoms with Crippen molar-refractivity contribution in [3.8, 4) is 28.8 Å². The Bertz CT molecular complexity index is 1210. The van der Waals surface area contributed by atoms with Crippen molar-refractivity contribution in [1.29, 1.82) is 5.26 Å². The average Bonchev–Trinajstić information content (AvgIpc) is 3.22. The summed E-state index contributed by atoms with van der Waals surface area (Å²) in [7, 11) is 1.26. The lowest BCUT2D eigenvalue weighted by atomic mass is 10.1. The fourth-order valence-electron chi connectivity index (χ4n) is 2.58. The summed E-state index contributed by atoms with van der Waals surface area (Å²) in [6, 6.07) is 10.3. The topological polar surface area (TPSA) is 152 Å². The van der Waals surface area contributed by atoms with Crippen molar-refractivity contribution >= 4 is 34.4 Å². The maximum Gasteiger partial charge on any atom is 0.315 e. The van der Waals surface area contributed by atoms with E-state index < -0.39 is 21.3 Å². The van der Waals surface area contributed by atoms with Crippen molar-refractivity contribution < 1.29 is 19.7 Å². The number of allylic oxidation sites excluding steroid dienone is 1. The number of thiazole rings is 1. The van der Waals surface area contributed by atoms with Gasteiger partial charge < -0.3 is 9.84 Å². The third-order valence-corrected chi connectivity index (χ3v) is 4.91. The van der Waals surface area contributed by atoms with Gasteiger partial charge in [-0.3, -0.25) is 20.2 Å². The number of benzene rings is 2. The second-order valence-electron chi connectivity index (χ2n) is 5.86. The molecule has 1 heterocycles. The van der Waals surface area contributed by atoms with Crippen LogP contribution in [-0.2, 0) is 0 Å². The second-order valence-corrected chi connectivity index (χ2v) is 6.72. The van der Waals surface area contributed by atoms with Crippen LogP contribution in [0.2, 0.25) is 0 Å². The van der Waals surface area contributed by atoms with E-state index in [2.05, 4.69) is 4.98 Å². The molecule has 2 aromatic carbocycles. The van der Waals surface area contributed by atoms with E-state index in [1.54, 1.807) is 17.5 Å². The first-order valence-electron chi connectivity index (χ1n) is 8.22. The second kappa shape index (κ2) is 8.38. The molecule has 0 atom stereocenters. The van der Waals surface area contributed by atoms with Crippen molar-refractivity contribution in [2.45, 2.75) is 0 Å². The SMILES string of the molecule is COc1cc(/C=C(/C#N)c2nc(-c3ccc([N+](=O)[O-])cc3)cs2)cc([N+](=O)[O-])c1O. The first-order chi connectivity index (χ1) is 14.3. The number of rotatable bonds is 6. The molecular weight excluding hydrogens is 412 g/mol. The van der Waals surface area contributed by atoms with Crippen molar-refractivity contribution in [3.05, 3.63) is 72.6 Å². The highest BCUT2D eigenvalue weighted by atomic mass is 32.1. The number of nitrogens with zero attached hydrogens (tertiary/aromatic N) is 4. The highest BCUT2D eigenvalue weighted by molar-refractivity contribution is 7.11. The third kappa shape index (κ3) is 4.08. The summed E-state index contributed by atoms with van der Waals surface area (Å²) in [6.07, 6.45) is 1.40. The normalized spacial score (nSPS) is 11.0. The Kier molecular flexibility index (Phi) is 5.70. The zero-order valence-electron chi connectivity index (χ0n) is 15.3. The molecule has 0 aliphatic heterocycles. The smallest absolute Gasteiger partial charge is 0.315 e. The number of phenols is 1. The number of aromatic nitrogens is 1. The Labute approximate surface area is 173 Å². The summed E-state index contributed by atoms with van der Waals surface area (Å²) in [6.45, 7) is 0. The average molecular weight is 424 g/mol. The summed E-state index contributed by atoms with van der Waals surface area (Å²) in [4.78, 5) is 25.0. The molecule has 0 saturated carbocycles. The van der Waals surface area contributed by atoms with Crippen LogP contribution < -0.4 is 4.74 Å². The fourth-order valence-corrected chi connectivity index (χ4v) is 3.38. The first kappa shape index (κ1) is 20.4. The molecule has 0 unspecified atom stereocenters. The summed E-state index contributed by atoms with van der Waals surface area (Å²) in [5, 5.41) is 43.4. The number of hydrogen-bond acceptors (Lipinski definition) is 9. The highest BCUT2D eigenvalue weighted by Gasteiger charge is 2.20. The minimum absolute atomic E-state index is 0.0466. The van der Waals surface area contributed by atoms with Gasteiger partial charge in [-0.15, -0.1) is 11.3 Å². The van der Waals surface area contributed by atoms with E-state index in [1.165, 1.54) is 42.7 Å². The lowest BCUT2D eigenvalue weighted by Crippen LogP contribution is -1.93. The van der Waals surface area contributed by atoms with Gasteiger partial charge in [-0.05, 0) is 29.8 Å². The molecule has 3 rings (SSSR count). The van der Waals surface area contributed by atoms with Gasteiger partial charge in [-0.1, -0.05) is 0 Å². The molecule has 0 aliphatic carbocycles. The van der Waals surface area contributed by atoms with Gasteiger partial charge in [0.15, 0.2) is 5.75 Å². The standard InChI is InChI=1S/C19H12N4O6S/c1-29-17-8-11(7-16(18(17)24)23(27)28)6-13(9-20)19-21-15(10-30-19)12-2-4-14(5-3-12)22(25)26/h2-8,10,24H,1H3/b13-6-. The van der Waals surface area contributed by atoms with Crippen LogP contribution in [0.25, 0.3) is 22.9 Å². The Morgan fingerprint density at radius 2 is 1.93 bits per heavy atom. The minimum atomic E-state index is -0.753. The zero-order chi connectivity index (χ0) is 21.8. The molecule has 1 N–H and O–H groups in total. The summed E-state index contributed by atoms with van der Waals surface area (Å²) < 4.78 is 4.96. The van der Waals surface area contributed by atoms with Gasteiger partial charge in [0.05, 0.1) is 28.2 Å². The van der Waals surface area contributed by atoms with Crippen LogP contribution in [0.3, 0.4) is 0 Å². The third-order valence-electron chi connectivity index (χ3n) is 4.03. The van der Waals surface area contributed by atoms with Gasteiger partial charge in [0.2, 0.25) is 5.75 Å². The lowest BCUT2D eigenvalue weighted by Gasteiger charge is -2.05. The van der Waals surface area contributed by atoms with E-state index in [-0.39, 0.29) is 22.6 Å². The quantitative estimate of drug-likeness (QED) is 0.347. The maximum absolute atomic E-state index is 11.1. The van der Waals surface area contributed by atoms with E-state index in [0.29, 0.717) is 16.3 Å². The van der Waals surface area contributed by atoms with Gasteiger partial charge in [-0.2, -0.15) is 5.26 Å². The number of nitro groups is 2. The zero-order valence-corrected chi connectivity index (χ0v) is 16.1. The monoisotopic (exact) mass is 424 g/mol. The van der Waals surface area contributed by atoms with Crippen molar-refractivity contribution in [2.24, 2.45) is 0 Å². The van der Waals surface area contributed by atoms with Crippen LogP contribution in [0.1, 0.15) is 10.6 Å². The van der Waals surface area contributed by atoms with E-state index in [0.717, 1.165) is 6.07 Å². The van der Waals surface area contributed by atoms with Crippen LogP contribution in [0.15, 0.2) is 41.8 Å². The van der Waals surface area contributed by atoms with Crippen molar-refractivity contribution in [3.63, 3.8) is 0 Å². The molecule has 11 heteroatoms. The molecule has 150 valence electrons. The van der Waals surface area contributed by atoms with Crippen LogP contribution >= 0.6 is 11.3 Å². The number of ether oxygens (including phenoxy) is 1. The molecule has 0 aliphatic rings. The van der Waals surface area contributed by atoms with Gasteiger partial charge in [0.25, 0.3) is 5.69 Å². The molecule has 10 nitrogen and oxygen atoms in total. The molecule has 1 aromatic heterocycles. The van der Waals surface area contributed by atoms with Crippen LogP contribution in [-0.4, -0.2) is 27.0 Å². The Morgan fingerprint density at radius 3 is 2.50 bits per heavy atom. The molecule has 0 spiro atoms. The Morgan fingerprint density at radius 1 is 1.23 bits per heavy atom. The summed E-state index contributed by atoms with van der Waals surface area (Å²) in [5.41, 5.74) is 0.996.